The molecule has 21 heavy (non-hydrogen) atoms. The third kappa shape index (κ3) is 5.55. The summed E-state index contributed by atoms with van der Waals surface area (Å²) in [6.07, 6.45) is 2.92. The van der Waals surface area contributed by atoms with Crippen LogP contribution in [0.5, 0.6) is 0 Å². The molecule has 120 valence electrons. The molecule has 0 radical (unpaired) electrons. The zero-order valence-electron chi connectivity index (χ0n) is 13.9. The lowest BCUT2D eigenvalue weighted by Crippen LogP contribution is -2.51. The third-order valence-electron chi connectivity index (χ3n) is 3.35. The average molecular weight is 311 g/mol. The normalized spacial score (nSPS) is 13.3. The quantitative estimate of drug-likeness (QED) is 0.561. The van der Waals surface area contributed by atoms with Gasteiger partial charge in [-0.1, -0.05) is 58.0 Å². The molecule has 0 aliphatic carbocycles. The van der Waals surface area contributed by atoms with Crippen molar-refractivity contribution in [1.29, 1.82) is 0 Å². The first-order chi connectivity index (χ1) is 10.2. The van der Waals surface area contributed by atoms with Crippen molar-refractivity contribution in [3.8, 4) is 0 Å². The minimum absolute atomic E-state index is 0.156. The summed E-state index contributed by atoms with van der Waals surface area (Å²) in [7, 11) is -2.70. The van der Waals surface area contributed by atoms with E-state index in [1.807, 2.05) is 6.07 Å². The second kappa shape index (κ2) is 10.1. The highest BCUT2D eigenvalue weighted by atomic mass is 28.4. The van der Waals surface area contributed by atoms with Gasteiger partial charge in [-0.15, -0.1) is 0 Å². The Bertz CT molecular complexity index is 348. The lowest BCUT2D eigenvalue weighted by atomic mass is 10.2. The molecule has 0 aliphatic heterocycles. The molecule has 0 bridgehead atoms. The highest BCUT2D eigenvalue weighted by Crippen LogP contribution is 2.30. The van der Waals surface area contributed by atoms with E-state index in [1.165, 1.54) is 5.56 Å². The summed E-state index contributed by atoms with van der Waals surface area (Å²) in [5.41, 5.74) is 1.39. The molecule has 0 saturated heterocycles. The molecule has 1 atom stereocenters. The molecular formula is C17H30O3Si. The number of hydrogen-bond acceptors (Lipinski definition) is 3. The third-order valence-corrected chi connectivity index (χ3v) is 6.57. The highest BCUT2D eigenvalue weighted by molar-refractivity contribution is 6.62. The Morgan fingerprint density at radius 1 is 0.810 bits per heavy atom. The Balaban J connectivity index is 2.99. The first-order valence-corrected chi connectivity index (χ1v) is 9.97. The second-order valence-electron chi connectivity index (χ2n) is 5.28. The van der Waals surface area contributed by atoms with Gasteiger partial charge in [-0.25, -0.2) is 0 Å². The molecule has 0 saturated carbocycles. The van der Waals surface area contributed by atoms with Gasteiger partial charge >= 0.3 is 8.80 Å². The Hall–Kier alpha value is -0.683. The van der Waals surface area contributed by atoms with E-state index >= 15 is 0 Å². The highest BCUT2D eigenvalue weighted by Gasteiger charge is 2.47. The summed E-state index contributed by atoms with van der Waals surface area (Å²) in [6.45, 7) is 10.6. The van der Waals surface area contributed by atoms with E-state index in [0.717, 1.165) is 19.3 Å². The van der Waals surface area contributed by atoms with E-state index in [4.69, 9.17) is 13.3 Å². The van der Waals surface area contributed by atoms with Gasteiger partial charge in [0.05, 0.1) is 5.54 Å². The van der Waals surface area contributed by atoms with Gasteiger partial charge in [0.25, 0.3) is 0 Å². The van der Waals surface area contributed by atoms with Crippen LogP contribution in [0.4, 0.5) is 0 Å². The molecule has 3 nitrogen and oxygen atoms in total. The van der Waals surface area contributed by atoms with Crippen molar-refractivity contribution in [2.75, 3.05) is 19.8 Å². The van der Waals surface area contributed by atoms with Crippen LogP contribution in [0, 0.1) is 0 Å². The van der Waals surface area contributed by atoms with E-state index in [-0.39, 0.29) is 5.54 Å². The van der Waals surface area contributed by atoms with Crippen LogP contribution >= 0.6 is 0 Å². The zero-order chi connectivity index (χ0) is 15.6. The SMILES string of the molecule is CCCO[Si](OCCC)(OCCC)C(C)c1ccccc1. The van der Waals surface area contributed by atoms with Crippen molar-refractivity contribution in [1.82, 2.24) is 0 Å². The molecule has 1 unspecified atom stereocenters. The minimum Gasteiger partial charge on any atom is -0.373 e. The van der Waals surface area contributed by atoms with Crippen LogP contribution in [-0.2, 0) is 13.3 Å². The van der Waals surface area contributed by atoms with Crippen LogP contribution in [0.1, 0.15) is 58.1 Å². The van der Waals surface area contributed by atoms with E-state index in [2.05, 4.69) is 52.0 Å². The monoisotopic (exact) mass is 310 g/mol. The fraction of sp³-hybridized carbons (Fsp3) is 0.647. The first kappa shape index (κ1) is 18.4. The molecule has 0 fully saturated rings. The molecule has 1 aromatic rings. The van der Waals surface area contributed by atoms with Gasteiger partial charge < -0.3 is 13.3 Å². The summed E-state index contributed by atoms with van der Waals surface area (Å²) >= 11 is 0. The summed E-state index contributed by atoms with van der Waals surface area (Å²) in [5, 5.41) is 0. The summed E-state index contributed by atoms with van der Waals surface area (Å²) in [6, 6.07) is 10.4. The smallest absolute Gasteiger partial charge is 0.373 e. The molecule has 1 rings (SSSR count). The molecule has 1 aromatic carbocycles. The minimum atomic E-state index is -2.70. The maximum Gasteiger partial charge on any atom is 0.508 e. The van der Waals surface area contributed by atoms with Gasteiger partial charge in [0, 0.05) is 19.8 Å². The molecule has 0 aromatic heterocycles. The van der Waals surface area contributed by atoms with Crippen LogP contribution in [0.3, 0.4) is 0 Å². The van der Waals surface area contributed by atoms with Gasteiger partial charge in [-0.05, 0) is 24.8 Å². The van der Waals surface area contributed by atoms with Crippen molar-refractivity contribution in [3.63, 3.8) is 0 Å². The molecule has 0 spiro atoms. The van der Waals surface area contributed by atoms with Gasteiger partial charge in [-0.3, -0.25) is 0 Å². The molecule has 4 heteroatoms. The molecule has 0 heterocycles. The lowest BCUT2D eigenvalue weighted by molar-refractivity contribution is 0.0516. The lowest BCUT2D eigenvalue weighted by Gasteiger charge is -2.34. The van der Waals surface area contributed by atoms with Crippen LogP contribution in [0.2, 0.25) is 0 Å². The fourth-order valence-corrected chi connectivity index (χ4v) is 5.25. The summed E-state index contributed by atoms with van der Waals surface area (Å²) < 4.78 is 18.6. The van der Waals surface area contributed by atoms with Crippen molar-refractivity contribution in [2.45, 2.75) is 52.5 Å². The maximum atomic E-state index is 6.19. The molecule has 0 amide bonds. The van der Waals surface area contributed by atoms with Crippen molar-refractivity contribution in [3.05, 3.63) is 35.9 Å². The Morgan fingerprint density at radius 2 is 1.24 bits per heavy atom. The van der Waals surface area contributed by atoms with E-state index < -0.39 is 8.80 Å². The summed E-state index contributed by atoms with van der Waals surface area (Å²) in [4.78, 5) is 0. The second-order valence-corrected chi connectivity index (χ2v) is 8.22. The standard InChI is InChI=1S/C17H30O3Si/c1-5-13-18-21(19-14-6-2,20-15-7-3)16(4)17-11-9-8-10-12-17/h8-12,16H,5-7,13-15H2,1-4H3. The topological polar surface area (TPSA) is 27.7 Å². The molecule has 0 N–H and O–H groups in total. The number of hydrogen-bond donors (Lipinski definition) is 0. The molecular weight excluding hydrogens is 280 g/mol. The van der Waals surface area contributed by atoms with Gasteiger partial charge in [-0.2, -0.15) is 0 Å². The largest absolute Gasteiger partial charge is 0.508 e. The van der Waals surface area contributed by atoms with Crippen LogP contribution in [0.15, 0.2) is 30.3 Å². The maximum absolute atomic E-state index is 6.19. The van der Waals surface area contributed by atoms with E-state index in [1.54, 1.807) is 0 Å². The zero-order valence-corrected chi connectivity index (χ0v) is 14.9. The number of benzene rings is 1. The molecule has 0 aliphatic rings. The summed E-state index contributed by atoms with van der Waals surface area (Å²) in [5.74, 6) is 0. The van der Waals surface area contributed by atoms with Crippen molar-refractivity contribution in [2.24, 2.45) is 0 Å². The van der Waals surface area contributed by atoms with Crippen LogP contribution in [-0.4, -0.2) is 28.6 Å². The predicted octanol–water partition coefficient (Wildman–Crippen LogP) is 4.55. The Kier molecular flexibility index (Phi) is 8.84. The Morgan fingerprint density at radius 3 is 1.62 bits per heavy atom. The van der Waals surface area contributed by atoms with Gasteiger partial charge in [0.2, 0.25) is 0 Å². The van der Waals surface area contributed by atoms with Crippen LogP contribution < -0.4 is 0 Å². The predicted molar refractivity (Wildman–Crippen MR) is 89.3 cm³/mol. The van der Waals surface area contributed by atoms with Crippen molar-refractivity contribution >= 4 is 8.80 Å². The first-order valence-electron chi connectivity index (χ1n) is 8.17. The van der Waals surface area contributed by atoms with Crippen molar-refractivity contribution < 1.29 is 13.3 Å². The van der Waals surface area contributed by atoms with E-state index in [0.29, 0.717) is 19.8 Å². The fourth-order valence-electron chi connectivity index (χ4n) is 2.18. The number of rotatable bonds is 11. The van der Waals surface area contributed by atoms with E-state index in [9.17, 15) is 0 Å². The Labute approximate surface area is 131 Å². The average Bonchev–Trinajstić information content (AvgIpc) is 2.55. The van der Waals surface area contributed by atoms with Gasteiger partial charge in [0.15, 0.2) is 0 Å². The van der Waals surface area contributed by atoms with Gasteiger partial charge in [0.1, 0.15) is 0 Å². The van der Waals surface area contributed by atoms with Crippen LogP contribution in [0.25, 0.3) is 0 Å².